The number of aliphatic carboxylic acids is 1. The molecule has 1 atom stereocenters. The molecule has 14 heavy (non-hydrogen) atoms. The largest absolute Gasteiger partial charge is 0.480 e. The number of hydrogen-bond acceptors (Lipinski definition) is 1. The molecule has 0 heterocycles. The third-order valence-electron chi connectivity index (χ3n) is 1.67. The summed E-state index contributed by atoms with van der Waals surface area (Å²) < 4.78 is 0. The van der Waals surface area contributed by atoms with E-state index in [0.717, 1.165) is 0 Å². The lowest BCUT2D eigenvalue weighted by Crippen LogP contribution is -2.16. The summed E-state index contributed by atoms with van der Waals surface area (Å²) in [6.07, 6.45) is 0.163. The maximum atomic E-state index is 10.5. The van der Waals surface area contributed by atoms with Crippen LogP contribution in [0.1, 0.15) is 5.56 Å². The van der Waals surface area contributed by atoms with Crippen molar-refractivity contribution in [3.63, 3.8) is 0 Å². The van der Waals surface area contributed by atoms with Crippen molar-refractivity contribution in [1.82, 2.24) is 0 Å². The molecule has 0 amide bonds. The van der Waals surface area contributed by atoms with Gasteiger partial charge in [0.1, 0.15) is 5.38 Å². The molecule has 1 N–H and O–H groups in total. The molecule has 0 aromatic heterocycles. The lowest BCUT2D eigenvalue weighted by molar-refractivity contribution is -0.136. The standard InChI is InChI=1S/C9H7Cl3O2/c10-6-1-2-7(11)5(3-6)4-8(12)9(13)14/h1-3,8H,4H2,(H,13,14)/t8-/m1/s1. The van der Waals surface area contributed by atoms with Crippen LogP contribution in [-0.4, -0.2) is 16.5 Å². The molecule has 0 aliphatic carbocycles. The van der Waals surface area contributed by atoms with Crippen molar-refractivity contribution in [3.05, 3.63) is 33.8 Å². The van der Waals surface area contributed by atoms with Crippen molar-refractivity contribution < 1.29 is 9.90 Å². The quantitative estimate of drug-likeness (QED) is 0.840. The average Bonchev–Trinajstić information content (AvgIpc) is 2.11. The Morgan fingerprint density at radius 3 is 2.64 bits per heavy atom. The van der Waals surface area contributed by atoms with E-state index in [0.29, 0.717) is 15.6 Å². The highest BCUT2D eigenvalue weighted by molar-refractivity contribution is 6.34. The molecular formula is C9H7Cl3O2. The van der Waals surface area contributed by atoms with Crippen LogP contribution >= 0.6 is 34.8 Å². The zero-order chi connectivity index (χ0) is 10.7. The molecule has 0 saturated carbocycles. The van der Waals surface area contributed by atoms with Crippen molar-refractivity contribution in [3.8, 4) is 0 Å². The smallest absolute Gasteiger partial charge is 0.321 e. The van der Waals surface area contributed by atoms with E-state index in [-0.39, 0.29) is 6.42 Å². The van der Waals surface area contributed by atoms with Crippen LogP contribution in [0.15, 0.2) is 18.2 Å². The summed E-state index contributed by atoms with van der Waals surface area (Å²) in [4.78, 5) is 10.5. The minimum absolute atomic E-state index is 0.163. The molecule has 0 bridgehead atoms. The van der Waals surface area contributed by atoms with Crippen LogP contribution in [-0.2, 0) is 11.2 Å². The molecule has 0 saturated heterocycles. The van der Waals surface area contributed by atoms with Gasteiger partial charge in [-0.05, 0) is 23.8 Å². The number of alkyl halides is 1. The molecule has 76 valence electrons. The number of hydrogen-bond donors (Lipinski definition) is 1. The predicted octanol–water partition coefficient (Wildman–Crippen LogP) is 3.23. The Morgan fingerprint density at radius 1 is 1.43 bits per heavy atom. The molecule has 0 spiro atoms. The van der Waals surface area contributed by atoms with E-state index in [4.69, 9.17) is 39.9 Å². The first-order chi connectivity index (χ1) is 6.50. The first-order valence-corrected chi connectivity index (χ1v) is 5.00. The average molecular weight is 254 g/mol. The molecule has 0 radical (unpaired) electrons. The molecule has 0 unspecified atom stereocenters. The molecule has 0 aliphatic rings. The summed E-state index contributed by atoms with van der Waals surface area (Å²) in [5.41, 5.74) is 0.640. The third-order valence-corrected chi connectivity index (χ3v) is 2.62. The second-order valence-electron chi connectivity index (χ2n) is 2.75. The molecule has 1 aromatic carbocycles. The Labute approximate surface area is 96.4 Å². The van der Waals surface area contributed by atoms with E-state index in [1.807, 2.05) is 0 Å². The Balaban J connectivity index is 2.85. The highest BCUT2D eigenvalue weighted by Gasteiger charge is 2.15. The minimum atomic E-state index is -1.07. The van der Waals surface area contributed by atoms with Gasteiger partial charge in [-0.1, -0.05) is 23.2 Å². The fourth-order valence-electron chi connectivity index (χ4n) is 0.980. The van der Waals surface area contributed by atoms with E-state index in [9.17, 15) is 4.79 Å². The zero-order valence-electron chi connectivity index (χ0n) is 7.01. The lowest BCUT2D eigenvalue weighted by Gasteiger charge is -2.06. The SMILES string of the molecule is O=C(O)[C@H](Cl)Cc1cc(Cl)ccc1Cl. The Morgan fingerprint density at radius 2 is 2.07 bits per heavy atom. The summed E-state index contributed by atoms with van der Waals surface area (Å²) in [6.45, 7) is 0. The number of halogens is 3. The Bertz CT molecular complexity index is 352. The van der Waals surface area contributed by atoms with Crippen molar-refractivity contribution in [2.75, 3.05) is 0 Å². The van der Waals surface area contributed by atoms with Gasteiger partial charge in [0.2, 0.25) is 0 Å². The summed E-state index contributed by atoms with van der Waals surface area (Å²) in [5.74, 6) is -1.07. The molecular weight excluding hydrogens is 246 g/mol. The lowest BCUT2D eigenvalue weighted by atomic mass is 10.1. The van der Waals surface area contributed by atoms with E-state index < -0.39 is 11.3 Å². The van der Waals surface area contributed by atoms with Gasteiger partial charge in [0, 0.05) is 16.5 Å². The second kappa shape index (κ2) is 4.87. The zero-order valence-corrected chi connectivity index (χ0v) is 9.27. The molecule has 1 aromatic rings. The maximum absolute atomic E-state index is 10.5. The van der Waals surface area contributed by atoms with Gasteiger partial charge in [-0.25, -0.2) is 0 Å². The first kappa shape index (κ1) is 11.6. The highest BCUT2D eigenvalue weighted by atomic mass is 35.5. The first-order valence-electron chi connectivity index (χ1n) is 3.81. The Kier molecular flexibility index (Phi) is 4.05. The van der Waals surface area contributed by atoms with Gasteiger partial charge in [-0.15, -0.1) is 11.6 Å². The molecule has 5 heteroatoms. The Hall–Kier alpha value is -0.440. The summed E-state index contributed by atoms with van der Waals surface area (Å²) in [5, 5.41) is 8.60. The van der Waals surface area contributed by atoms with Gasteiger partial charge in [0.05, 0.1) is 0 Å². The molecule has 0 fully saturated rings. The topological polar surface area (TPSA) is 37.3 Å². The normalized spacial score (nSPS) is 12.5. The van der Waals surface area contributed by atoms with Gasteiger partial charge in [0.25, 0.3) is 0 Å². The number of rotatable bonds is 3. The van der Waals surface area contributed by atoms with Crippen molar-refractivity contribution in [2.45, 2.75) is 11.8 Å². The van der Waals surface area contributed by atoms with E-state index in [1.54, 1.807) is 18.2 Å². The predicted molar refractivity (Wildman–Crippen MR) is 57.4 cm³/mol. The maximum Gasteiger partial charge on any atom is 0.321 e. The number of carbonyl (C=O) groups is 1. The van der Waals surface area contributed by atoms with Crippen molar-refractivity contribution >= 4 is 40.8 Å². The van der Waals surface area contributed by atoms with Gasteiger partial charge in [0.15, 0.2) is 0 Å². The van der Waals surface area contributed by atoms with Gasteiger partial charge in [-0.3, -0.25) is 4.79 Å². The number of carboxylic acids is 1. The monoisotopic (exact) mass is 252 g/mol. The van der Waals surface area contributed by atoms with Gasteiger partial charge in [-0.2, -0.15) is 0 Å². The third kappa shape index (κ3) is 3.05. The van der Waals surface area contributed by atoms with Gasteiger partial charge >= 0.3 is 5.97 Å². The van der Waals surface area contributed by atoms with Crippen LogP contribution in [0.5, 0.6) is 0 Å². The van der Waals surface area contributed by atoms with Crippen LogP contribution in [0.4, 0.5) is 0 Å². The molecule has 2 nitrogen and oxygen atoms in total. The van der Waals surface area contributed by atoms with Gasteiger partial charge < -0.3 is 5.11 Å². The van der Waals surface area contributed by atoms with Crippen LogP contribution < -0.4 is 0 Å². The summed E-state index contributed by atoms with van der Waals surface area (Å²) >= 11 is 17.1. The highest BCUT2D eigenvalue weighted by Crippen LogP contribution is 2.23. The van der Waals surface area contributed by atoms with Crippen LogP contribution in [0.2, 0.25) is 10.0 Å². The fraction of sp³-hybridized carbons (Fsp3) is 0.222. The summed E-state index contributed by atoms with van der Waals surface area (Å²) in [7, 11) is 0. The molecule has 0 aliphatic heterocycles. The van der Waals surface area contributed by atoms with E-state index in [1.165, 1.54) is 0 Å². The minimum Gasteiger partial charge on any atom is -0.480 e. The van der Waals surface area contributed by atoms with E-state index >= 15 is 0 Å². The van der Waals surface area contributed by atoms with Crippen LogP contribution in [0.25, 0.3) is 0 Å². The number of benzene rings is 1. The van der Waals surface area contributed by atoms with Crippen molar-refractivity contribution in [2.24, 2.45) is 0 Å². The second-order valence-corrected chi connectivity index (χ2v) is 4.12. The number of carboxylic acid groups (broad SMARTS) is 1. The molecule has 1 rings (SSSR count). The fourth-order valence-corrected chi connectivity index (χ4v) is 1.54. The van der Waals surface area contributed by atoms with Crippen LogP contribution in [0.3, 0.4) is 0 Å². The van der Waals surface area contributed by atoms with Crippen LogP contribution in [0, 0.1) is 0 Å². The van der Waals surface area contributed by atoms with Crippen molar-refractivity contribution in [1.29, 1.82) is 0 Å². The van der Waals surface area contributed by atoms with E-state index in [2.05, 4.69) is 0 Å². The summed E-state index contributed by atoms with van der Waals surface area (Å²) in [6, 6.07) is 4.87.